The van der Waals surface area contributed by atoms with Crippen LogP contribution in [0.2, 0.25) is 0 Å². The zero-order valence-electron chi connectivity index (χ0n) is 11.8. The highest BCUT2D eigenvalue weighted by atomic mass is 32.2. The molecule has 0 aromatic heterocycles. The second-order valence-electron chi connectivity index (χ2n) is 5.31. The SMILES string of the molecule is CC(C)(O)C#C/C=C(/Sc1ccccc1)C(C)(C)O. The van der Waals surface area contributed by atoms with Gasteiger partial charge in [-0.25, -0.2) is 0 Å². The summed E-state index contributed by atoms with van der Waals surface area (Å²) in [5, 5.41) is 19.7. The Morgan fingerprint density at radius 1 is 1.11 bits per heavy atom. The summed E-state index contributed by atoms with van der Waals surface area (Å²) in [6.07, 6.45) is 1.66. The standard InChI is InChI=1S/C16H20O2S/c1-15(2,17)12-8-11-14(16(3,4)18)19-13-9-6-5-7-10-13/h5-7,9-11,17-18H,1-4H3/b14-11+. The van der Waals surface area contributed by atoms with Gasteiger partial charge in [-0.2, -0.15) is 0 Å². The number of hydrogen-bond acceptors (Lipinski definition) is 3. The molecule has 0 aliphatic heterocycles. The van der Waals surface area contributed by atoms with Gasteiger partial charge < -0.3 is 10.2 Å². The highest BCUT2D eigenvalue weighted by molar-refractivity contribution is 8.03. The maximum atomic E-state index is 10.1. The van der Waals surface area contributed by atoms with E-state index in [1.807, 2.05) is 30.3 Å². The van der Waals surface area contributed by atoms with Gasteiger partial charge in [0.05, 0.1) is 5.60 Å². The Balaban J connectivity index is 2.96. The van der Waals surface area contributed by atoms with Crippen molar-refractivity contribution < 1.29 is 10.2 Å². The molecule has 0 amide bonds. The topological polar surface area (TPSA) is 40.5 Å². The first-order chi connectivity index (χ1) is 8.68. The summed E-state index contributed by atoms with van der Waals surface area (Å²) in [6.45, 7) is 6.70. The lowest BCUT2D eigenvalue weighted by molar-refractivity contribution is 0.129. The van der Waals surface area contributed by atoms with E-state index in [0.717, 1.165) is 9.80 Å². The highest BCUT2D eigenvalue weighted by Crippen LogP contribution is 2.33. The molecule has 0 aliphatic rings. The first kappa shape index (κ1) is 15.8. The van der Waals surface area contributed by atoms with E-state index in [2.05, 4.69) is 11.8 Å². The minimum atomic E-state index is -1.03. The summed E-state index contributed by atoms with van der Waals surface area (Å²) in [5.74, 6) is 5.52. The van der Waals surface area contributed by atoms with Crippen molar-refractivity contribution in [2.75, 3.05) is 0 Å². The van der Waals surface area contributed by atoms with Crippen LogP contribution in [0.25, 0.3) is 0 Å². The molecule has 0 saturated carbocycles. The summed E-state index contributed by atoms with van der Waals surface area (Å²) in [7, 11) is 0. The van der Waals surface area contributed by atoms with Crippen molar-refractivity contribution in [3.05, 3.63) is 41.3 Å². The highest BCUT2D eigenvalue weighted by Gasteiger charge is 2.20. The first-order valence-corrected chi connectivity index (χ1v) is 6.91. The van der Waals surface area contributed by atoms with E-state index in [4.69, 9.17) is 0 Å². The Kier molecular flexibility index (Phi) is 5.25. The van der Waals surface area contributed by atoms with Gasteiger partial charge in [0, 0.05) is 15.9 Å². The molecule has 0 fully saturated rings. The molecule has 0 radical (unpaired) electrons. The lowest BCUT2D eigenvalue weighted by Crippen LogP contribution is -2.20. The van der Waals surface area contributed by atoms with Crippen molar-refractivity contribution in [2.45, 2.75) is 43.8 Å². The molecule has 3 heteroatoms. The van der Waals surface area contributed by atoms with Gasteiger partial charge in [-0.15, -0.1) is 0 Å². The molecule has 19 heavy (non-hydrogen) atoms. The number of rotatable bonds is 3. The largest absolute Gasteiger partial charge is 0.385 e. The molecule has 0 atom stereocenters. The van der Waals surface area contributed by atoms with Crippen molar-refractivity contribution in [3.8, 4) is 11.8 Å². The van der Waals surface area contributed by atoms with Crippen molar-refractivity contribution in [1.82, 2.24) is 0 Å². The number of benzene rings is 1. The Morgan fingerprint density at radius 3 is 2.16 bits per heavy atom. The predicted octanol–water partition coefficient (Wildman–Crippen LogP) is 3.21. The van der Waals surface area contributed by atoms with Gasteiger partial charge in [-0.1, -0.05) is 41.8 Å². The van der Waals surface area contributed by atoms with Crippen LogP contribution in [0.1, 0.15) is 27.7 Å². The smallest absolute Gasteiger partial charge is 0.120 e. The first-order valence-electron chi connectivity index (χ1n) is 6.09. The molecule has 1 aromatic carbocycles. The normalized spacial score (nSPS) is 12.8. The quantitative estimate of drug-likeness (QED) is 0.658. The lowest BCUT2D eigenvalue weighted by atomic mass is 10.1. The van der Waals surface area contributed by atoms with Crippen molar-refractivity contribution >= 4 is 11.8 Å². The van der Waals surface area contributed by atoms with Crippen molar-refractivity contribution in [2.24, 2.45) is 0 Å². The Bertz CT molecular complexity index is 494. The van der Waals surface area contributed by atoms with E-state index < -0.39 is 11.2 Å². The molecule has 2 nitrogen and oxygen atoms in total. The van der Waals surface area contributed by atoms with Gasteiger partial charge >= 0.3 is 0 Å². The van der Waals surface area contributed by atoms with Crippen LogP contribution in [0.15, 0.2) is 46.2 Å². The van der Waals surface area contributed by atoms with Crippen LogP contribution in [0.5, 0.6) is 0 Å². The van der Waals surface area contributed by atoms with Gasteiger partial charge in [-0.3, -0.25) is 0 Å². The molecule has 0 spiro atoms. The summed E-state index contributed by atoms with van der Waals surface area (Å²) in [4.78, 5) is 1.79. The maximum absolute atomic E-state index is 10.1. The van der Waals surface area contributed by atoms with Crippen molar-refractivity contribution in [1.29, 1.82) is 0 Å². The molecule has 0 bridgehead atoms. The van der Waals surface area contributed by atoms with Gasteiger partial charge in [-0.05, 0) is 39.8 Å². The fourth-order valence-corrected chi connectivity index (χ4v) is 2.14. The van der Waals surface area contributed by atoms with Crippen LogP contribution in [0.3, 0.4) is 0 Å². The van der Waals surface area contributed by atoms with Crippen LogP contribution in [-0.2, 0) is 0 Å². The molecule has 2 N–H and O–H groups in total. The third kappa shape index (κ3) is 6.49. The summed E-state index contributed by atoms with van der Waals surface area (Å²) < 4.78 is 0. The van der Waals surface area contributed by atoms with Crippen LogP contribution in [0.4, 0.5) is 0 Å². The van der Waals surface area contributed by atoms with E-state index in [1.165, 1.54) is 11.8 Å². The second-order valence-corrected chi connectivity index (χ2v) is 6.43. The lowest BCUT2D eigenvalue weighted by Gasteiger charge is -2.20. The molecule has 102 valence electrons. The molecule has 0 unspecified atom stereocenters. The molecule has 1 aromatic rings. The number of hydrogen-bond donors (Lipinski definition) is 2. The summed E-state index contributed by atoms with van der Waals surface area (Å²) in [6, 6.07) is 9.81. The monoisotopic (exact) mass is 276 g/mol. The van der Waals surface area contributed by atoms with E-state index in [-0.39, 0.29) is 0 Å². The van der Waals surface area contributed by atoms with Crippen molar-refractivity contribution in [3.63, 3.8) is 0 Å². The number of aliphatic hydroxyl groups is 2. The second kappa shape index (κ2) is 6.29. The number of allylic oxidation sites excluding steroid dienone is 1. The third-order valence-electron chi connectivity index (χ3n) is 2.16. The molecule has 0 aliphatic carbocycles. The zero-order valence-corrected chi connectivity index (χ0v) is 12.6. The maximum Gasteiger partial charge on any atom is 0.120 e. The van der Waals surface area contributed by atoms with Crippen LogP contribution in [0, 0.1) is 11.8 Å². The molecule has 0 heterocycles. The Morgan fingerprint density at radius 2 is 1.68 bits per heavy atom. The Labute approximate surface area is 119 Å². The number of thioether (sulfide) groups is 1. The van der Waals surface area contributed by atoms with E-state index in [9.17, 15) is 10.2 Å². The van der Waals surface area contributed by atoms with E-state index in [0.29, 0.717) is 0 Å². The summed E-state index contributed by atoms with van der Waals surface area (Å²) in [5.41, 5.74) is -1.99. The van der Waals surface area contributed by atoms with Gasteiger partial charge in [0.15, 0.2) is 0 Å². The van der Waals surface area contributed by atoms with Crippen LogP contribution < -0.4 is 0 Å². The fraction of sp³-hybridized carbons (Fsp3) is 0.375. The van der Waals surface area contributed by atoms with E-state index in [1.54, 1.807) is 33.8 Å². The average Bonchev–Trinajstić information content (AvgIpc) is 2.26. The van der Waals surface area contributed by atoms with Gasteiger partial charge in [0.25, 0.3) is 0 Å². The van der Waals surface area contributed by atoms with E-state index >= 15 is 0 Å². The molecule has 1 rings (SSSR count). The average molecular weight is 276 g/mol. The minimum absolute atomic E-state index is 0.746. The van der Waals surface area contributed by atoms with Crippen LogP contribution in [-0.4, -0.2) is 21.4 Å². The summed E-state index contributed by atoms with van der Waals surface area (Å²) >= 11 is 1.47. The predicted molar refractivity (Wildman–Crippen MR) is 80.8 cm³/mol. The van der Waals surface area contributed by atoms with Crippen LogP contribution >= 0.6 is 11.8 Å². The minimum Gasteiger partial charge on any atom is -0.385 e. The molecular formula is C16H20O2S. The molecule has 0 saturated heterocycles. The van der Waals surface area contributed by atoms with Gasteiger partial charge in [0.1, 0.15) is 5.60 Å². The molecular weight excluding hydrogens is 256 g/mol. The zero-order chi connectivity index (χ0) is 14.5. The third-order valence-corrected chi connectivity index (χ3v) is 3.50. The van der Waals surface area contributed by atoms with Gasteiger partial charge in [0.2, 0.25) is 0 Å². The Hall–Kier alpha value is -1.21. The fourth-order valence-electron chi connectivity index (χ4n) is 1.22.